The van der Waals surface area contributed by atoms with Crippen molar-refractivity contribution in [3.63, 3.8) is 0 Å². The second-order valence-corrected chi connectivity index (χ2v) is 16.7. The Morgan fingerprint density at radius 3 is 1.98 bits per heavy atom. The highest BCUT2D eigenvalue weighted by atomic mass is 16.2. The van der Waals surface area contributed by atoms with E-state index in [4.69, 9.17) is 15.7 Å². The summed E-state index contributed by atoms with van der Waals surface area (Å²) in [5.74, 6) is 1.73. The number of nitrogens with zero attached hydrogens (tertiary/aromatic N) is 11. The van der Waals surface area contributed by atoms with Gasteiger partial charge in [0.25, 0.3) is 0 Å². The van der Waals surface area contributed by atoms with E-state index in [-0.39, 0.29) is 19.5 Å². The zero-order valence-corrected chi connectivity index (χ0v) is 36.2. The smallest absolute Gasteiger partial charge is 0.327 e. The zero-order chi connectivity index (χ0) is 43.9. The van der Waals surface area contributed by atoms with Gasteiger partial charge >= 0.3 is 6.03 Å². The third kappa shape index (κ3) is 8.64. The van der Waals surface area contributed by atoms with Crippen molar-refractivity contribution in [3.05, 3.63) is 132 Å². The van der Waals surface area contributed by atoms with E-state index in [2.05, 4.69) is 75.1 Å². The highest BCUT2D eigenvalue weighted by Crippen LogP contribution is 2.41. The fourth-order valence-corrected chi connectivity index (χ4v) is 8.94. The lowest BCUT2D eigenvalue weighted by atomic mass is 10.1. The molecule has 328 valence electrons. The first-order valence-electron chi connectivity index (χ1n) is 21.6. The van der Waals surface area contributed by atoms with Crippen LogP contribution in [0.5, 0.6) is 0 Å². The molecule has 4 bridgehead atoms. The van der Waals surface area contributed by atoms with Gasteiger partial charge in [-0.1, -0.05) is 19.6 Å². The third-order valence-electron chi connectivity index (χ3n) is 12.1. The Morgan fingerprint density at radius 1 is 0.662 bits per heavy atom. The molecule has 4 aliphatic heterocycles. The molecule has 4 N–H and O–H groups in total. The lowest BCUT2D eigenvalue weighted by Gasteiger charge is -2.36. The van der Waals surface area contributed by atoms with E-state index in [1.165, 1.54) is 12.1 Å². The minimum Gasteiger partial charge on any atom is -0.398 e. The number of hydrogen-bond donors (Lipinski definition) is 3. The van der Waals surface area contributed by atoms with E-state index >= 15 is 0 Å². The fourth-order valence-electron chi connectivity index (χ4n) is 8.94. The molecule has 2 fully saturated rings. The van der Waals surface area contributed by atoms with E-state index in [1.54, 1.807) is 6.20 Å². The topological polar surface area (TPSA) is 180 Å². The summed E-state index contributed by atoms with van der Waals surface area (Å²) in [4.78, 5) is 38.5. The summed E-state index contributed by atoms with van der Waals surface area (Å²) in [5.41, 5.74) is 18.7. The standard InChI is InChI=1S/C25H23N7O.C15H16N4.C9H9N3.CH4/c1-15-12-17(8-10-26-15)20-6-7-23-24(27-20)32(18-9-11-31(23)14-18)25(33)28-21-4-3-5-22-19(21)13-16(2)29-30-22;1-10-8-11(4-6-16-10)13-2-3-14-15(18-13)17-12-5-7-19(14)9-12;1-6-5-7-8(10)3-2-4-9(7)12-11-6;/h3-8,10,12-13,18H,9,11,14H2,1-2H3,(H,28,33);2-4,6,8,12H,5,7,9H2,1H3,(H,17,18);2-5H,10H2,1H3;1H4/t18-;12-;;/m00../s1. The minimum absolute atomic E-state index is 0. The first kappa shape index (κ1) is 42.5. The van der Waals surface area contributed by atoms with Gasteiger partial charge in [-0.2, -0.15) is 20.4 Å². The number of pyridine rings is 4. The largest absolute Gasteiger partial charge is 0.398 e. The van der Waals surface area contributed by atoms with Crippen molar-refractivity contribution >= 4 is 62.2 Å². The summed E-state index contributed by atoms with van der Waals surface area (Å²) in [6.07, 6.45) is 5.74. The second-order valence-electron chi connectivity index (χ2n) is 16.7. The van der Waals surface area contributed by atoms with Gasteiger partial charge in [0, 0.05) is 83.6 Å². The molecule has 12 rings (SSSR count). The number of carbonyl (C=O) groups is 1. The molecule has 0 spiro atoms. The van der Waals surface area contributed by atoms with Crippen LogP contribution in [0.4, 0.5) is 39.2 Å². The van der Waals surface area contributed by atoms with Gasteiger partial charge in [-0.25, -0.2) is 14.8 Å². The van der Waals surface area contributed by atoms with Crippen LogP contribution in [0.25, 0.3) is 44.3 Å². The van der Waals surface area contributed by atoms with E-state index in [0.717, 1.165) is 123 Å². The number of aromatic nitrogens is 8. The number of aryl methyl sites for hydroxylation is 4. The van der Waals surface area contributed by atoms with Crippen LogP contribution in [-0.4, -0.2) is 84.6 Å². The first-order chi connectivity index (χ1) is 31.1. The van der Waals surface area contributed by atoms with Gasteiger partial charge in [-0.3, -0.25) is 14.9 Å². The van der Waals surface area contributed by atoms with Crippen LogP contribution in [0.3, 0.4) is 0 Å². The van der Waals surface area contributed by atoms with Crippen LogP contribution >= 0.6 is 0 Å². The molecule has 2 amide bonds. The molecule has 65 heavy (non-hydrogen) atoms. The lowest BCUT2D eigenvalue weighted by Crippen LogP contribution is -2.48. The monoisotopic (exact) mass is 864 g/mol. The maximum atomic E-state index is 13.7. The number of hydrogen-bond acceptors (Lipinski definition) is 13. The average Bonchev–Trinajstić information content (AvgIpc) is 3.91. The number of nitrogen functional groups attached to an aromatic ring is 1. The highest BCUT2D eigenvalue weighted by Gasteiger charge is 2.40. The van der Waals surface area contributed by atoms with Gasteiger partial charge in [-0.15, -0.1) is 0 Å². The minimum atomic E-state index is -0.180. The summed E-state index contributed by atoms with van der Waals surface area (Å²) < 4.78 is 0. The molecule has 0 radical (unpaired) electrons. The Kier molecular flexibility index (Phi) is 11.6. The molecule has 6 aromatic heterocycles. The quantitative estimate of drug-likeness (QED) is 0.143. The maximum absolute atomic E-state index is 13.7. The van der Waals surface area contributed by atoms with Gasteiger partial charge in [0.1, 0.15) is 0 Å². The van der Waals surface area contributed by atoms with E-state index in [0.29, 0.717) is 11.9 Å². The Morgan fingerprint density at radius 2 is 1.28 bits per heavy atom. The molecule has 2 saturated heterocycles. The van der Waals surface area contributed by atoms with Gasteiger partial charge < -0.3 is 26.2 Å². The summed E-state index contributed by atoms with van der Waals surface area (Å²) in [7, 11) is 0. The predicted molar refractivity (Wildman–Crippen MR) is 260 cm³/mol. The van der Waals surface area contributed by atoms with Crippen LogP contribution in [0.15, 0.2) is 109 Å². The molecule has 15 nitrogen and oxygen atoms in total. The summed E-state index contributed by atoms with van der Waals surface area (Å²) >= 11 is 0. The number of urea groups is 1. The van der Waals surface area contributed by atoms with E-state index < -0.39 is 0 Å². The molecule has 8 aromatic rings. The number of nitrogens with one attached hydrogen (secondary N) is 2. The highest BCUT2D eigenvalue weighted by molar-refractivity contribution is 6.08. The predicted octanol–water partition coefficient (Wildman–Crippen LogP) is 8.95. The van der Waals surface area contributed by atoms with Crippen molar-refractivity contribution in [3.8, 4) is 22.5 Å². The Hall–Kier alpha value is -7.81. The molecular formula is C50H52N14O. The number of nitrogens with two attached hydrogens (primary N) is 1. The van der Waals surface area contributed by atoms with Crippen LogP contribution < -0.4 is 31.1 Å². The van der Waals surface area contributed by atoms with Gasteiger partial charge in [0.05, 0.1) is 56.9 Å². The number of fused-ring (bicyclic) bond motifs is 10. The van der Waals surface area contributed by atoms with Crippen molar-refractivity contribution in [1.82, 2.24) is 40.3 Å². The van der Waals surface area contributed by atoms with Gasteiger partial charge in [0.2, 0.25) is 0 Å². The SMILES string of the molecule is C.Cc1cc(-c2ccc3c(n2)N(C(=O)Nc2cccc4nnc(C)cc24)[C@H]2CCN3C2)ccn1.Cc1cc(-c2ccc3c(n2)N[C@H]2CCN3C2)ccn1.Cc1cc2c(N)cccc2nn1. The molecule has 2 atom stereocenters. The lowest BCUT2D eigenvalue weighted by molar-refractivity contribution is 0.255. The Bertz CT molecular complexity index is 3070. The zero-order valence-electron chi connectivity index (χ0n) is 36.2. The summed E-state index contributed by atoms with van der Waals surface area (Å²) in [6.45, 7) is 11.7. The fraction of sp³-hybridized carbons (Fsp3) is 0.260. The van der Waals surface area contributed by atoms with E-state index in [9.17, 15) is 4.79 Å². The first-order valence-corrected chi connectivity index (χ1v) is 21.6. The number of amides is 2. The van der Waals surface area contributed by atoms with Crippen LogP contribution in [0, 0.1) is 27.7 Å². The Balaban J connectivity index is 0.000000140. The normalized spacial score (nSPS) is 16.3. The van der Waals surface area contributed by atoms with Crippen molar-refractivity contribution in [2.45, 2.75) is 60.0 Å². The Labute approximate surface area is 378 Å². The number of anilines is 6. The number of benzene rings is 2. The molecule has 0 saturated carbocycles. The molecule has 0 unspecified atom stereocenters. The summed E-state index contributed by atoms with van der Waals surface area (Å²) in [5, 5.41) is 24.9. The van der Waals surface area contributed by atoms with Crippen molar-refractivity contribution in [2.24, 2.45) is 0 Å². The van der Waals surface area contributed by atoms with Crippen LogP contribution in [0.1, 0.15) is 43.0 Å². The van der Waals surface area contributed by atoms with Crippen molar-refractivity contribution < 1.29 is 4.79 Å². The number of carbonyl (C=O) groups excluding carboxylic acids is 1. The van der Waals surface area contributed by atoms with Gasteiger partial charge in [-0.05, 0) is 125 Å². The van der Waals surface area contributed by atoms with Crippen LogP contribution in [-0.2, 0) is 0 Å². The average molecular weight is 865 g/mol. The van der Waals surface area contributed by atoms with E-state index in [1.807, 2.05) is 112 Å². The molecule has 0 aliphatic carbocycles. The molecule has 2 aromatic carbocycles. The third-order valence-corrected chi connectivity index (χ3v) is 12.1. The molecular weight excluding hydrogens is 813 g/mol. The maximum Gasteiger partial charge on any atom is 0.327 e. The number of rotatable bonds is 3. The summed E-state index contributed by atoms with van der Waals surface area (Å²) in [6, 6.07) is 32.1. The molecule has 10 heterocycles. The van der Waals surface area contributed by atoms with Crippen molar-refractivity contribution in [1.29, 1.82) is 0 Å². The second kappa shape index (κ2) is 17.8. The van der Waals surface area contributed by atoms with Gasteiger partial charge in [0.15, 0.2) is 11.6 Å². The van der Waals surface area contributed by atoms with Crippen molar-refractivity contribution in [2.75, 3.05) is 57.2 Å². The molecule has 15 heteroatoms. The molecule has 4 aliphatic rings. The van der Waals surface area contributed by atoms with Crippen LogP contribution in [0.2, 0.25) is 0 Å².